The second-order valence-electron chi connectivity index (χ2n) is 5.35. The van der Waals surface area contributed by atoms with Crippen molar-refractivity contribution in [3.05, 3.63) is 29.3 Å². The van der Waals surface area contributed by atoms with Crippen molar-refractivity contribution in [2.24, 2.45) is 4.99 Å². The molecule has 0 radical (unpaired) electrons. The summed E-state index contributed by atoms with van der Waals surface area (Å²) in [6.45, 7) is 3.41. The van der Waals surface area contributed by atoms with Gasteiger partial charge in [-0.15, -0.1) is 0 Å². The number of halogens is 1. The minimum Gasteiger partial charge on any atom is -0.487 e. The fraction of sp³-hybridized carbons (Fsp3) is 0.533. The van der Waals surface area contributed by atoms with Gasteiger partial charge in [0, 0.05) is 11.6 Å². The molecule has 5 nitrogen and oxygen atoms in total. The van der Waals surface area contributed by atoms with Gasteiger partial charge in [-0.05, 0) is 51.3 Å². The monoisotopic (exact) mass is 310 g/mol. The van der Waals surface area contributed by atoms with E-state index >= 15 is 0 Å². The molecule has 0 aromatic heterocycles. The highest BCUT2D eigenvalue weighted by Crippen LogP contribution is 2.17. The van der Waals surface area contributed by atoms with Gasteiger partial charge in [0.15, 0.2) is 5.96 Å². The van der Waals surface area contributed by atoms with Crippen LogP contribution in [0, 0.1) is 0 Å². The highest BCUT2D eigenvalue weighted by atomic mass is 35.5. The molecule has 6 heteroatoms. The van der Waals surface area contributed by atoms with Gasteiger partial charge in [-0.1, -0.05) is 11.6 Å². The summed E-state index contributed by atoms with van der Waals surface area (Å²) in [5.41, 5.74) is 0. The molecule has 0 bridgehead atoms. The summed E-state index contributed by atoms with van der Waals surface area (Å²) in [6.07, 6.45) is 1.15. The van der Waals surface area contributed by atoms with Crippen molar-refractivity contribution in [2.75, 3.05) is 40.3 Å². The maximum atomic E-state index is 5.85. The standard InChI is InChI=1S/C15H23ClN4O/c1-20(2)9-3-8-17-15-18-10-14(11-19-15)21-13-6-4-12(16)5-7-13/h4-7,14H,3,8-11H2,1-2H3,(H2,17,18,19). The Hall–Kier alpha value is -1.46. The number of guanidine groups is 1. The minimum atomic E-state index is 0.0542. The first-order valence-electron chi connectivity index (χ1n) is 7.22. The van der Waals surface area contributed by atoms with E-state index in [1.807, 2.05) is 24.3 Å². The molecule has 0 amide bonds. The Morgan fingerprint density at radius 3 is 2.76 bits per heavy atom. The van der Waals surface area contributed by atoms with Crippen LogP contribution in [0.25, 0.3) is 0 Å². The number of nitrogens with one attached hydrogen (secondary N) is 2. The van der Waals surface area contributed by atoms with E-state index in [1.54, 1.807) is 0 Å². The second kappa shape index (κ2) is 8.10. The molecule has 1 aromatic rings. The summed E-state index contributed by atoms with van der Waals surface area (Å²) in [5.74, 6) is 1.69. The molecule has 0 saturated heterocycles. The van der Waals surface area contributed by atoms with E-state index in [9.17, 15) is 0 Å². The average molecular weight is 311 g/mol. The molecule has 0 saturated carbocycles. The van der Waals surface area contributed by atoms with Crippen LogP contribution in [0.1, 0.15) is 6.42 Å². The van der Waals surface area contributed by atoms with Gasteiger partial charge < -0.3 is 20.3 Å². The number of benzene rings is 1. The van der Waals surface area contributed by atoms with Crippen molar-refractivity contribution in [1.82, 2.24) is 15.5 Å². The van der Waals surface area contributed by atoms with Crippen LogP contribution in [0.2, 0.25) is 5.02 Å². The third-order valence-electron chi connectivity index (χ3n) is 3.14. The lowest BCUT2D eigenvalue weighted by Crippen LogP contribution is -2.48. The van der Waals surface area contributed by atoms with Crippen molar-refractivity contribution in [2.45, 2.75) is 12.5 Å². The number of aliphatic imine (C=N–C) groups is 1. The average Bonchev–Trinajstić information content (AvgIpc) is 2.47. The first-order chi connectivity index (χ1) is 10.1. The summed E-state index contributed by atoms with van der Waals surface area (Å²) < 4.78 is 5.85. The number of hydrogen-bond donors (Lipinski definition) is 2. The van der Waals surface area contributed by atoms with Crippen LogP contribution in [0.3, 0.4) is 0 Å². The number of hydrogen-bond acceptors (Lipinski definition) is 5. The highest BCUT2D eigenvalue weighted by molar-refractivity contribution is 6.30. The van der Waals surface area contributed by atoms with Crippen LogP contribution in [0.4, 0.5) is 0 Å². The summed E-state index contributed by atoms with van der Waals surface area (Å²) in [5, 5.41) is 7.29. The first kappa shape index (κ1) is 15.9. The lowest BCUT2D eigenvalue weighted by molar-refractivity contribution is 0.206. The van der Waals surface area contributed by atoms with E-state index in [4.69, 9.17) is 16.3 Å². The maximum absolute atomic E-state index is 5.85. The fourth-order valence-electron chi connectivity index (χ4n) is 2.03. The Morgan fingerprint density at radius 1 is 1.38 bits per heavy atom. The summed E-state index contributed by atoms with van der Waals surface area (Å²) in [7, 11) is 4.16. The number of rotatable bonds is 6. The zero-order chi connectivity index (χ0) is 15.1. The summed E-state index contributed by atoms with van der Waals surface area (Å²) >= 11 is 5.85. The van der Waals surface area contributed by atoms with E-state index < -0.39 is 0 Å². The molecule has 1 aliphatic rings. The third kappa shape index (κ3) is 5.81. The molecule has 1 aliphatic heterocycles. The van der Waals surface area contributed by atoms with Crippen LogP contribution < -0.4 is 15.4 Å². The van der Waals surface area contributed by atoms with Gasteiger partial charge in [0.25, 0.3) is 0 Å². The Bertz CT molecular complexity index is 461. The van der Waals surface area contributed by atoms with Crippen molar-refractivity contribution in [1.29, 1.82) is 0 Å². The quantitative estimate of drug-likeness (QED) is 0.784. The van der Waals surface area contributed by atoms with E-state index in [-0.39, 0.29) is 6.10 Å². The predicted molar refractivity (Wildman–Crippen MR) is 87.3 cm³/mol. The Labute approximate surface area is 131 Å². The predicted octanol–water partition coefficient (Wildman–Crippen LogP) is 1.59. The molecular formula is C15H23ClN4O. The maximum Gasteiger partial charge on any atom is 0.191 e. The third-order valence-corrected chi connectivity index (χ3v) is 3.39. The largest absolute Gasteiger partial charge is 0.487 e. The van der Waals surface area contributed by atoms with Crippen LogP contribution in [0.15, 0.2) is 29.3 Å². The fourth-order valence-corrected chi connectivity index (χ4v) is 2.16. The van der Waals surface area contributed by atoms with Crippen molar-refractivity contribution in [3.63, 3.8) is 0 Å². The molecule has 21 heavy (non-hydrogen) atoms. The van der Waals surface area contributed by atoms with Gasteiger partial charge in [0.05, 0.1) is 13.1 Å². The van der Waals surface area contributed by atoms with Crippen molar-refractivity contribution in [3.8, 4) is 5.75 Å². The van der Waals surface area contributed by atoms with Crippen LogP contribution in [-0.2, 0) is 0 Å². The van der Waals surface area contributed by atoms with E-state index in [1.165, 1.54) is 0 Å². The Morgan fingerprint density at radius 2 is 2.14 bits per heavy atom. The van der Waals surface area contributed by atoms with E-state index in [0.29, 0.717) is 11.6 Å². The molecule has 0 spiro atoms. The molecular weight excluding hydrogens is 288 g/mol. The molecule has 1 atom stereocenters. The molecule has 0 fully saturated rings. The number of ether oxygens (including phenoxy) is 1. The molecule has 2 N–H and O–H groups in total. The second-order valence-corrected chi connectivity index (χ2v) is 5.78. The minimum absolute atomic E-state index is 0.0542. The zero-order valence-corrected chi connectivity index (χ0v) is 13.4. The van der Waals surface area contributed by atoms with E-state index in [2.05, 4.69) is 34.6 Å². The van der Waals surface area contributed by atoms with Crippen LogP contribution >= 0.6 is 11.6 Å². The topological polar surface area (TPSA) is 48.9 Å². The molecule has 1 heterocycles. The van der Waals surface area contributed by atoms with E-state index in [0.717, 1.165) is 37.8 Å². The van der Waals surface area contributed by atoms with Crippen molar-refractivity contribution >= 4 is 17.6 Å². The smallest absolute Gasteiger partial charge is 0.191 e. The lowest BCUT2D eigenvalue weighted by atomic mass is 10.3. The van der Waals surface area contributed by atoms with Gasteiger partial charge in [-0.2, -0.15) is 0 Å². The Balaban J connectivity index is 1.70. The lowest BCUT2D eigenvalue weighted by Gasteiger charge is -2.24. The molecule has 1 aromatic carbocycles. The molecule has 0 aliphatic carbocycles. The summed E-state index contributed by atoms with van der Waals surface area (Å²) in [4.78, 5) is 6.65. The highest BCUT2D eigenvalue weighted by Gasteiger charge is 2.16. The van der Waals surface area contributed by atoms with Gasteiger partial charge in [-0.3, -0.25) is 0 Å². The zero-order valence-electron chi connectivity index (χ0n) is 12.6. The van der Waals surface area contributed by atoms with Gasteiger partial charge in [0.2, 0.25) is 0 Å². The van der Waals surface area contributed by atoms with Crippen LogP contribution in [-0.4, -0.2) is 57.2 Å². The van der Waals surface area contributed by atoms with Gasteiger partial charge in [-0.25, -0.2) is 4.99 Å². The van der Waals surface area contributed by atoms with Crippen molar-refractivity contribution < 1.29 is 4.74 Å². The van der Waals surface area contributed by atoms with Gasteiger partial charge >= 0.3 is 0 Å². The first-order valence-corrected chi connectivity index (χ1v) is 7.60. The van der Waals surface area contributed by atoms with Crippen LogP contribution in [0.5, 0.6) is 5.75 Å². The molecule has 116 valence electrons. The summed E-state index contributed by atoms with van der Waals surface area (Å²) in [6, 6.07) is 7.41. The Kier molecular flexibility index (Phi) is 6.14. The SMILES string of the molecule is CN(C)CCCNC1=NCC(Oc2ccc(Cl)cc2)CN1. The number of nitrogens with zero attached hydrogens (tertiary/aromatic N) is 2. The molecule has 1 unspecified atom stereocenters. The normalized spacial score (nSPS) is 18.1. The molecule has 2 rings (SSSR count). The van der Waals surface area contributed by atoms with Gasteiger partial charge in [0.1, 0.15) is 11.9 Å².